The molecule has 0 bridgehead atoms. The molecule has 0 spiro atoms. The van der Waals surface area contributed by atoms with Gasteiger partial charge in [0.2, 0.25) is 10.0 Å². The van der Waals surface area contributed by atoms with Gasteiger partial charge in [-0.25, -0.2) is 27.7 Å². The summed E-state index contributed by atoms with van der Waals surface area (Å²) in [6, 6.07) is 18.1. The molecule has 2 aromatic carbocycles. The molecule has 0 saturated heterocycles. The number of amides is 3. The first-order valence-electron chi connectivity index (χ1n) is 17.7. The molecule has 12 nitrogen and oxygen atoms in total. The Kier molecular flexibility index (Phi) is 16.4. The first-order valence-corrected chi connectivity index (χ1v) is 21.3. The lowest BCUT2D eigenvalue weighted by Crippen LogP contribution is -2.48. The van der Waals surface area contributed by atoms with Gasteiger partial charge in [0.1, 0.15) is 6.61 Å². The van der Waals surface area contributed by atoms with E-state index in [0.29, 0.717) is 25.7 Å². The number of benzene rings is 2. The number of Topliss-reactive ketones (excluding diaryl/α,β-unsaturated/α-hetero) is 1. The lowest BCUT2D eigenvalue weighted by Gasteiger charge is -2.26. The van der Waals surface area contributed by atoms with Gasteiger partial charge >= 0.3 is 12.1 Å². The smallest absolute Gasteiger partial charge is 0.407 e. The molecular weight excluding hydrogens is 733 g/mol. The normalized spacial score (nSPS) is 13.2. The summed E-state index contributed by atoms with van der Waals surface area (Å²) >= 11 is 2.95. The van der Waals surface area contributed by atoms with Crippen LogP contribution in [0.25, 0.3) is 0 Å². The second-order valence-electron chi connectivity index (χ2n) is 13.5. The molecular formula is C38H50N6O6S3. The molecule has 3 atom stereocenters. The molecule has 4 rings (SSSR count). The summed E-state index contributed by atoms with van der Waals surface area (Å²) in [6.07, 6.45) is 4.75. The van der Waals surface area contributed by atoms with Crippen molar-refractivity contribution in [2.75, 3.05) is 19.8 Å². The lowest BCUT2D eigenvalue weighted by molar-refractivity contribution is -0.122. The quantitative estimate of drug-likeness (QED) is 0.0888. The van der Waals surface area contributed by atoms with Gasteiger partial charge in [0.25, 0.3) is 0 Å². The van der Waals surface area contributed by atoms with Crippen molar-refractivity contribution in [3.63, 3.8) is 0 Å². The Balaban J connectivity index is 1.48. The monoisotopic (exact) mass is 782 g/mol. The van der Waals surface area contributed by atoms with Gasteiger partial charge in [0.05, 0.1) is 39.9 Å². The minimum Gasteiger partial charge on any atom is -0.444 e. The van der Waals surface area contributed by atoms with E-state index in [4.69, 9.17) is 4.74 Å². The number of ether oxygens (including phenoxy) is 1. The predicted octanol–water partition coefficient (Wildman–Crippen LogP) is 6.31. The Bertz CT molecular complexity index is 1820. The average Bonchev–Trinajstić information content (AvgIpc) is 3.82. The number of aromatic nitrogens is 2. The van der Waals surface area contributed by atoms with Crippen LogP contribution in [-0.4, -0.2) is 73.1 Å². The molecule has 0 radical (unpaired) electrons. The molecule has 2 aromatic heterocycles. The van der Waals surface area contributed by atoms with E-state index >= 15 is 0 Å². The highest BCUT2D eigenvalue weighted by molar-refractivity contribution is 7.88. The first kappa shape index (κ1) is 41.6. The van der Waals surface area contributed by atoms with E-state index in [9.17, 15) is 22.8 Å². The lowest BCUT2D eigenvalue weighted by atomic mass is 9.86. The maximum absolute atomic E-state index is 14.1. The first-order chi connectivity index (χ1) is 25.3. The van der Waals surface area contributed by atoms with Crippen molar-refractivity contribution in [1.82, 2.24) is 30.2 Å². The van der Waals surface area contributed by atoms with E-state index in [1.54, 1.807) is 30.1 Å². The molecule has 53 heavy (non-hydrogen) atoms. The largest absolute Gasteiger partial charge is 0.444 e. The molecule has 0 fully saturated rings. The Morgan fingerprint density at radius 1 is 0.906 bits per heavy atom. The van der Waals surface area contributed by atoms with Crippen LogP contribution >= 0.6 is 22.7 Å². The van der Waals surface area contributed by atoms with Crippen LogP contribution in [-0.2, 0) is 45.5 Å². The van der Waals surface area contributed by atoms with Gasteiger partial charge in [-0.2, -0.15) is 0 Å². The summed E-state index contributed by atoms with van der Waals surface area (Å²) in [5.41, 5.74) is 4.56. The Morgan fingerprint density at radius 3 is 2.19 bits per heavy atom. The van der Waals surface area contributed by atoms with Crippen LogP contribution < -0.4 is 15.4 Å². The van der Waals surface area contributed by atoms with Gasteiger partial charge in [-0.05, 0) is 49.1 Å². The molecule has 3 N–H and O–H groups in total. The van der Waals surface area contributed by atoms with Gasteiger partial charge in [-0.15, -0.1) is 22.7 Å². The van der Waals surface area contributed by atoms with Crippen LogP contribution in [0.15, 0.2) is 77.8 Å². The van der Waals surface area contributed by atoms with Gasteiger partial charge < -0.3 is 20.3 Å². The van der Waals surface area contributed by atoms with E-state index in [0.717, 1.165) is 33.0 Å². The zero-order chi connectivity index (χ0) is 38.2. The number of sulfonamides is 1. The molecule has 0 saturated carbocycles. The van der Waals surface area contributed by atoms with Crippen LogP contribution in [0.1, 0.15) is 72.2 Å². The van der Waals surface area contributed by atoms with Crippen molar-refractivity contribution in [3.8, 4) is 0 Å². The molecule has 2 heterocycles. The maximum Gasteiger partial charge on any atom is 0.407 e. The molecule has 3 amide bonds. The highest BCUT2D eigenvalue weighted by Gasteiger charge is 2.27. The number of rotatable bonds is 21. The maximum atomic E-state index is 14.1. The van der Waals surface area contributed by atoms with E-state index in [2.05, 4.69) is 39.2 Å². The second kappa shape index (κ2) is 20.9. The average molecular weight is 783 g/mol. The summed E-state index contributed by atoms with van der Waals surface area (Å²) in [6.45, 7) is 4.49. The number of nitrogens with zero attached hydrogens (tertiary/aromatic N) is 3. The van der Waals surface area contributed by atoms with Gasteiger partial charge in [-0.3, -0.25) is 9.78 Å². The predicted molar refractivity (Wildman–Crippen MR) is 209 cm³/mol. The molecule has 4 aromatic rings. The van der Waals surface area contributed by atoms with Crippen LogP contribution in [0.2, 0.25) is 0 Å². The van der Waals surface area contributed by atoms with Crippen molar-refractivity contribution in [1.29, 1.82) is 0 Å². The Hall–Kier alpha value is -4.18. The minimum atomic E-state index is -3.51. The van der Waals surface area contributed by atoms with E-state index in [1.165, 1.54) is 16.2 Å². The number of carbonyl (C=O) groups excluding carboxylic acids is 3. The van der Waals surface area contributed by atoms with E-state index in [-0.39, 0.29) is 56.2 Å². The van der Waals surface area contributed by atoms with E-state index < -0.39 is 28.2 Å². The van der Waals surface area contributed by atoms with Crippen molar-refractivity contribution in [3.05, 3.63) is 104 Å². The van der Waals surface area contributed by atoms with Gasteiger partial charge in [0.15, 0.2) is 5.78 Å². The summed E-state index contributed by atoms with van der Waals surface area (Å²) < 4.78 is 31.7. The summed E-state index contributed by atoms with van der Waals surface area (Å²) in [5, 5.41) is 8.81. The third kappa shape index (κ3) is 15.4. The molecule has 0 aliphatic carbocycles. The minimum absolute atomic E-state index is 0.0147. The van der Waals surface area contributed by atoms with Crippen molar-refractivity contribution >= 4 is 50.6 Å². The molecule has 3 unspecified atom stereocenters. The van der Waals surface area contributed by atoms with Crippen LogP contribution in [0.3, 0.4) is 0 Å². The van der Waals surface area contributed by atoms with Crippen LogP contribution in [0.4, 0.5) is 9.59 Å². The summed E-state index contributed by atoms with van der Waals surface area (Å²) in [5.74, 6) is -0.0635. The number of alkyl carbamates (subject to hydrolysis) is 1. The van der Waals surface area contributed by atoms with Crippen molar-refractivity contribution in [2.45, 2.75) is 83.5 Å². The number of carbonyl (C=O) groups is 3. The fourth-order valence-electron chi connectivity index (χ4n) is 5.81. The number of hydrogen-bond donors (Lipinski definition) is 3. The molecule has 0 aliphatic heterocycles. The fraction of sp³-hybridized carbons (Fsp3) is 0.447. The SMILES string of the molecule is CC(C)c1nc(CN(C)C(=O)NC(CCNS(C)(=O)=O)C(=O)CC(CCC(Cc2ccccc2)NC(=O)OCc2cncs2)Cc2ccccc2)cs1. The van der Waals surface area contributed by atoms with Gasteiger partial charge in [-0.1, -0.05) is 74.5 Å². The number of ketones is 1. The second-order valence-corrected chi connectivity index (χ2v) is 17.2. The van der Waals surface area contributed by atoms with Gasteiger partial charge in [0, 0.05) is 43.5 Å². The number of nitrogens with one attached hydrogen (secondary N) is 3. The van der Waals surface area contributed by atoms with Crippen molar-refractivity contribution in [2.24, 2.45) is 5.92 Å². The van der Waals surface area contributed by atoms with Crippen LogP contribution in [0.5, 0.6) is 0 Å². The molecule has 15 heteroatoms. The zero-order valence-electron chi connectivity index (χ0n) is 30.7. The number of hydrogen-bond acceptors (Lipinski definition) is 10. The number of urea groups is 1. The zero-order valence-corrected chi connectivity index (χ0v) is 33.1. The standard InChI is InChI=1S/C38H50N6O6S3/c1-27(2)36-41-32(25-51-36)23-44(3)37(46)43-34(17-18-40-53(4,48)49)35(45)21-30(19-28-11-7-5-8-12-28)15-16-31(20-29-13-9-6-10-14-29)42-38(47)50-24-33-22-39-26-52-33/h5-14,22,25-27,30-31,34,40H,15-21,23-24H2,1-4H3,(H,42,47)(H,43,46). The summed E-state index contributed by atoms with van der Waals surface area (Å²) in [7, 11) is -1.87. The highest BCUT2D eigenvalue weighted by Crippen LogP contribution is 2.23. The van der Waals surface area contributed by atoms with E-state index in [1.807, 2.05) is 66.0 Å². The molecule has 0 aliphatic rings. The summed E-state index contributed by atoms with van der Waals surface area (Å²) in [4.78, 5) is 51.4. The third-order valence-electron chi connectivity index (χ3n) is 8.55. The Labute approximate surface area is 320 Å². The van der Waals surface area contributed by atoms with Crippen molar-refractivity contribution < 1.29 is 27.5 Å². The third-order valence-corrected chi connectivity index (χ3v) is 11.2. The highest BCUT2D eigenvalue weighted by atomic mass is 32.2. The molecule has 286 valence electrons. The van der Waals surface area contributed by atoms with Crippen LogP contribution in [0, 0.1) is 5.92 Å². The topological polar surface area (TPSA) is 160 Å². The number of thiazole rings is 2. The Morgan fingerprint density at radius 2 is 1.58 bits per heavy atom. The fourth-order valence-corrected chi connectivity index (χ4v) is 7.63.